The summed E-state index contributed by atoms with van der Waals surface area (Å²) < 4.78 is 32.8. The predicted octanol–water partition coefficient (Wildman–Crippen LogP) is 5.50. The van der Waals surface area contributed by atoms with Crippen LogP contribution in [-0.2, 0) is 4.74 Å². The highest BCUT2D eigenvalue weighted by Crippen LogP contribution is 2.66. The molecular weight excluding hydrogens is 801 g/mol. The molecule has 5 aliphatic rings. The van der Waals surface area contributed by atoms with Crippen LogP contribution >= 0.6 is 0 Å². The molecule has 14 nitrogen and oxygen atoms in total. The first kappa shape index (κ1) is 38.3. The quantitative estimate of drug-likeness (QED) is 0.101. The van der Waals surface area contributed by atoms with E-state index in [-0.39, 0.29) is 34.5 Å². The summed E-state index contributed by atoms with van der Waals surface area (Å²) in [5.74, 6) is -0.752. The summed E-state index contributed by atoms with van der Waals surface area (Å²) in [6, 6.07) is 29.8. The third kappa shape index (κ3) is 5.90. The van der Waals surface area contributed by atoms with Crippen molar-refractivity contribution < 1.29 is 69.6 Å². The van der Waals surface area contributed by atoms with E-state index in [1.54, 1.807) is 109 Å². The van der Waals surface area contributed by atoms with Gasteiger partial charge in [0.25, 0.3) is 0 Å². The lowest BCUT2D eigenvalue weighted by Gasteiger charge is -2.39. The van der Waals surface area contributed by atoms with E-state index in [1.165, 1.54) is 0 Å². The second-order valence-electron chi connectivity index (χ2n) is 16.5. The SMILES string of the molecule is OCC1OC(Oc2cc3c4c(c2)C2c5c(cc(O)cc5C5c6c(cc(O)cc6C4C(c4ccc(O)cc4)O3)OC5c3ccc(O)cc3)OC2c2ccc(O)cc2)C(O)C(O)C1O. The molecule has 11 rings (SSSR count). The summed E-state index contributed by atoms with van der Waals surface area (Å²) in [4.78, 5) is 0. The van der Waals surface area contributed by atoms with Crippen molar-refractivity contribution in [2.75, 3.05) is 6.61 Å². The minimum absolute atomic E-state index is 0.0423. The highest BCUT2D eigenvalue weighted by atomic mass is 16.7. The van der Waals surface area contributed by atoms with Gasteiger partial charge in [0.15, 0.2) is 0 Å². The molecule has 6 aromatic rings. The van der Waals surface area contributed by atoms with Crippen LogP contribution in [-0.4, -0.2) is 83.3 Å². The topological polar surface area (TPSA) is 228 Å². The van der Waals surface area contributed by atoms with E-state index in [0.29, 0.717) is 61.8 Å². The van der Waals surface area contributed by atoms with Gasteiger partial charge in [0.1, 0.15) is 94.5 Å². The van der Waals surface area contributed by atoms with Gasteiger partial charge in [-0.2, -0.15) is 0 Å². The third-order valence-corrected chi connectivity index (χ3v) is 12.8. The van der Waals surface area contributed by atoms with Gasteiger partial charge in [-0.05, 0) is 88.0 Å². The Morgan fingerprint density at radius 1 is 0.435 bits per heavy atom. The van der Waals surface area contributed by atoms with E-state index >= 15 is 0 Å². The number of aromatic hydroxyl groups is 5. The van der Waals surface area contributed by atoms with Crippen molar-refractivity contribution in [1.29, 1.82) is 0 Å². The average molecular weight is 841 g/mol. The molecule has 0 saturated carbocycles. The first-order chi connectivity index (χ1) is 29.9. The van der Waals surface area contributed by atoms with Crippen LogP contribution in [0.4, 0.5) is 0 Å². The monoisotopic (exact) mass is 840 g/mol. The molecule has 0 aromatic heterocycles. The van der Waals surface area contributed by atoms with Crippen LogP contribution in [0.15, 0.2) is 109 Å². The molecule has 4 heterocycles. The van der Waals surface area contributed by atoms with Crippen molar-refractivity contribution in [3.05, 3.63) is 159 Å². The molecular formula is C48H40O14. The molecule has 0 spiro atoms. The van der Waals surface area contributed by atoms with E-state index in [1.807, 2.05) is 0 Å². The number of phenols is 5. The Morgan fingerprint density at radius 3 is 1.23 bits per heavy atom. The number of hydrogen-bond acceptors (Lipinski definition) is 14. The van der Waals surface area contributed by atoms with Crippen LogP contribution in [0.5, 0.6) is 51.7 Å². The van der Waals surface area contributed by atoms with E-state index in [0.717, 1.165) is 5.56 Å². The zero-order chi connectivity index (χ0) is 42.7. The maximum atomic E-state index is 11.5. The average Bonchev–Trinajstić information content (AvgIpc) is 3.96. The highest BCUT2D eigenvalue weighted by molar-refractivity contribution is 5.70. The molecule has 9 N–H and O–H groups in total. The molecule has 11 unspecified atom stereocenters. The molecule has 0 radical (unpaired) electrons. The van der Waals surface area contributed by atoms with Gasteiger partial charge in [-0.15, -0.1) is 0 Å². The smallest absolute Gasteiger partial charge is 0.229 e. The Bertz CT molecular complexity index is 2670. The zero-order valence-corrected chi connectivity index (χ0v) is 32.5. The summed E-state index contributed by atoms with van der Waals surface area (Å²) in [6.45, 7) is -0.663. The Morgan fingerprint density at radius 2 is 0.823 bits per heavy atom. The van der Waals surface area contributed by atoms with E-state index in [2.05, 4.69) is 0 Å². The Labute approximate surface area is 353 Å². The summed E-state index contributed by atoms with van der Waals surface area (Å²) in [5, 5.41) is 96.4. The minimum atomic E-state index is -1.72. The zero-order valence-electron chi connectivity index (χ0n) is 32.5. The highest BCUT2D eigenvalue weighted by Gasteiger charge is 2.53. The van der Waals surface area contributed by atoms with Gasteiger partial charge in [0.2, 0.25) is 6.29 Å². The normalized spacial score (nSPS) is 28.5. The number of ether oxygens (including phenoxy) is 5. The lowest BCUT2D eigenvalue weighted by atomic mass is 9.76. The minimum Gasteiger partial charge on any atom is -0.508 e. The van der Waals surface area contributed by atoms with Crippen LogP contribution < -0.4 is 18.9 Å². The van der Waals surface area contributed by atoms with Gasteiger partial charge < -0.3 is 69.6 Å². The molecule has 4 aliphatic heterocycles. The Hall–Kier alpha value is -6.68. The van der Waals surface area contributed by atoms with E-state index in [4.69, 9.17) is 23.7 Å². The Balaban J connectivity index is 1.21. The third-order valence-electron chi connectivity index (χ3n) is 12.8. The van der Waals surface area contributed by atoms with Crippen LogP contribution in [0, 0.1) is 0 Å². The van der Waals surface area contributed by atoms with Gasteiger partial charge in [-0.1, -0.05) is 36.4 Å². The first-order valence-corrected chi connectivity index (χ1v) is 20.2. The standard InChI is InChI=1S/C48H40O14/c49-19-35-42(55)43(56)44(57)48(62-35)58-28-17-31-38-34(18-28)61-46(21-3-9-24(51)10-4-21)40(38)29-13-26(53)15-32-36(29)39(45(59-32)20-1-7-23(50)8-2-20)30-14-27(54)16-33-37(30)41(31)47(60-33)22-5-11-25(52)12-6-22/h1-18,35,39-57H,19H2. The number of aliphatic hydroxyl groups is 4. The molecule has 62 heavy (non-hydrogen) atoms. The fourth-order valence-corrected chi connectivity index (χ4v) is 10.1. The largest absolute Gasteiger partial charge is 0.508 e. The number of fused-ring (bicyclic) bond motifs is 3. The number of phenolic OH excluding ortho intramolecular Hbond substituents is 5. The molecule has 0 amide bonds. The second-order valence-corrected chi connectivity index (χ2v) is 16.5. The van der Waals surface area contributed by atoms with Gasteiger partial charge in [-0.3, -0.25) is 0 Å². The number of benzene rings is 6. The van der Waals surface area contributed by atoms with E-state index in [9.17, 15) is 46.0 Å². The van der Waals surface area contributed by atoms with Crippen molar-refractivity contribution in [3.63, 3.8) is 0 Å². The Kier molecular flexibility index (Phi) is 8.76. The molecule has 1 saturated heterocycles. The van der Waals surface area contributed by atoms with Crippen molar-refractivity contribution in [3.8, 4) is 51.7 Å². The predicted molar refractivity (Wildman–Crippen MR) is 217 cm³/mol. The van der Waals surface area contributed by atoms with Crippen molar-refractivity contribution >= 4 is 0 Å². The maximum absolute atomic E-state index is 11.5. The van der Waals surface area contributed by atoms with Crippen LogP contribution in [0.25, 0.3) is 0 Å². The van der Waals surface area contributed by atoms with Crippen LogP contribution in [0.1, 0.15) is 86.1 Å². The number of rotatable bonds is 6. The van der Waals surface area contributed by atoms with E-state index < -0.39 is 73.4 Å². The van der Waals surface area contributed by atoms with Crippen molar-refractivity contribution in [1.82, 2.24) is 0 Å². The molecule has 1 fully saturated rings. The lowest BCUT2D eigenvalue weighted by Crippen LogP contribution is -2.60. The van der Waals surface area contributed by atoms with Gasteiger partial charge in [0.05, 0.1) is 24.4 Å². The summed E-state index contributed by atoms with van der Waals surface area (Å²) in [7, 11) is 0. The molecule has 14 heteroatoms. The summed E-state index contributed by atoms with van der Waals surface area (Å²) >= 11 is 0. The maximum Gasteiger partial charge on any atom is 0.229 e. The lowest BCUT2D eigenvalue weighted by molar-refractivity contribution is -0.277. The molecule has 6 aromatic carbocycles. The van der Waals surface area contributed by atoms with Crippen molar-refractivity contribution in [2.45, 2.75) is 66.8 Å². The second kappa shape index (κ2) is 14.2. The molecule has 1 aliphatic carbocycles. The molecule has 0 bridgehead atoms. The number of aliphatic hydroxyl groups excluding tert-OH is 4. The summed E-state index contributed by atoms with van der Waals surface area (Å²) in [6.07, 6.45) is -10.1. The van der Waals surface area contributed by atoms with Crippen LogP contribution in [0.3, 0.4) is 0 Å². The summed E-state index contributed by atoms with van der Waals surface area (Å²) in [5.41, 5.74) is 6.14. The fraction of sp³-hybridized carbons (Fsp3) is 0.250. The van der Waals surface area contributed by atoms with Gasteiger partial charge >= 0.3 is 0 Å². The van der Waals surface area contributed by atoms with Crippen molar-refractivity contribution in [2.24, 2.45) is 0 Å². The van der Waals surface area contributed by atoms with Crippen LogP contribution in [0.2, 0.25) is 0 Å². The van der Waals surface area contributed by atoms with Gasteiger partial charge in [0, 0.05) is 34.9 Å². The van der Waals surface area contributed by atoms with Gasteiger partial charge in [-0.25, -0.2) is 0 Å². The fourth-order valence-electron chi connectivity index (χ4n) is 10.1. The first-order valence-electron chi connectivity index (χ1n) is 20.2. The number of hydrogen-bond donors (Lipinski definition) is 9. The molecule has 316 valence electrons. The molecule has 11 atom stereocenters.